The quantitative estimate of drug-likeness (QED) is 0.363. The van der Waals surface area contributed by atoms with Gasteiger partial charge in [-0.25, -0.2) is 0 Å². The number of ketones is 1. The number of hydrogen-bond donors (Lipinski definition) is 2. The zero-order chi connectivity index (χ0) is 19.2. The molecule has 3 rings (SSSR count). The summed E-state index contributed by atoms with van der Waals surface area (Å²) >= 11 is 1.46. The molecule has 1 amide bonds. The number of nitrogens with one attached hydrogen (secondary N) is 1. The average Bonchev–Trinajstić information content (AvgIpc) is 2.68. The summed E-state index contributed by atoms with van der Waals surface area (Å²) in [5.74, 6) is -0.132. The molecule has 0 saturated carbocycles. The number of benzene rings is 3. The third kappa shape index (κ3) is 4.99. The molecule has 0 aliphatic carbocycles. The van der Waals surface area contributed by atoms with Crippen LogP contribution in [0.4, 0.5) is 11.4 Å². The third-order valence-electron chi connectivity index (χ3n) is 4.03. The molecule has 3 N–H and O–H groups in total. The van der Waals surface area contributed by atoms with E-state index in [4.69, 9.17) is 5.73 Å². The Balaban J connectivity index is 1.82. The predicted molar refractivity (Wildman–Crippen MR) is 111 cm³/mol. The zero-order valence-electron chi connectivity index (χ0n) is 14.9. The van der Waals surface area contributed by atoms with Gasteiger partial charge < -0.3 is 11.1 Å². The summed E-state index contributed by atoms with van der Waals surface area (Å²) in [5, 5.41) is 2.53. The van der Waals surface area contributed by atoms with Crippen LogP contribution in [0.15, 0.2) is 83.8 Å². The van der Waals surface area contributed by atoms with Crippen LogP contribution in [-0.2, 0) is 4.79 Å². The van der Waals surface area contributed by atoms with E-state index < -0.39 is 5.25 Å². The van der Waals surface area contributed by atoms with Crippen molar-refractivity contribution in [2.24, 2.45) is 0 Å². The van der Waals surface area contributed by atoms with E-state index in [0.717, 1.165) is 10.5 Å². The molecule has 3 aromatic rings. The molecule has 0 aliphatic heterocycles. The fraction of sp³-hybridized carbons (Fsp3) is 0.0909. The zero-order valence-corrected chi connectivity index (χ0v) is 15.7. The van der Waals surface area contributed by atoms with Gasteiger partial charge in [-0.3, -0.25) is 9.59 Å². The smallest absolute Gasteiger partial charge is 0.242 e. The summed E-state index contributed by atoms with van der Waals surface area (Å²) in [5.41, 5.74) is 8.62. The van der Waals surface area contributed by atoms with Gasteiger partial charge in [0, 0.05) is 21.8 Å². The van der Waals surface area contributed by atoms with Gasteiger partial charge in [-0.15, -0.1) is 11.8 Å². The first-order valence-electron chi connectivity index (χ1n) is 8.52. The minimum atomic E-state index is -0.415. The van der Waals surface area contributed by atoms with Crippen LogP contribution in [0.5, 0.6) is 0 Å². The predicted octanol–water partition coefficient (Wildman–Crippen LogP) is 4.94. The van der Waals surface area contributed by atoms with Crippen molar-refractivity contribution >= 4 is 34.8 Å². The second-order valence-electron chi connectivity index (χ2n) is 6.10. The standard InChI is InChI=1S/C22H20N2O2S/c1-15(25)16-7-11-19(12-8-16)24-22(26)21(17-5-3-2-4-6-17)27-20-13-9-18(23)10-14-20/h2-14,21H,23H2,1H3,(H,24,26). The summed E-state index contributed by atoms with van der Waals surface area (Å²) in [4.78, 5) is 25.3. The second kappa shape index (κ2) is 8.56. The van der Waals surface area contributed by atoms with Crippen molar-refractivity contribution in [3.63, 3.8) is 0 Å². The number of amides is 1. The van der Waals surface area contributed by atoms with E-state index in [2.05, 4.69) is 5.32 Å². The van der Waals surface area contributed by atoms with E-state index >= 15 is 0 Å². The topological polar surface area (TPSA) is 72.2 Å². The Bertz CT molecular complexity index is 923. The van der Waals surface area contributed by atoms with Crippen molar-refractivity contribution in [2.45, 2.75) is 17.1 Å². The van der Waals surface area contributed by atoms with Crippen LogP contribution in [0.2, 0.25) is 0 Å². The average molecular weight is 376 g/mol. The molecule has 0 fully saturated rings. The highest BCUT2D eigenvalue weighted by Gasteiger charge is 2.22. The number of thioether (sulfide) groups is 1. The molecule has 3 aromatic carbocycles. The summed E-state index contributed by atoms with van der Waals surface area (Å²) < 4.78 is 0. The molecule has 0 aliphatic rings. The summed E-state index contributed by atoms with van der Waals surface area (Å²) in [7, 11) is 0. The van der Waals surface area contributed by atoms with Crippen molar-refractivity contribution in [3.05, 3.63) is 90.0 Å². The van der Waals surface area contributed by atoms with E-state index in [1.165, 1.54) is 18.7 Å². The van der Waals surface area contributed by atoms with E-state index in [1.807, 2.05) is 54.6 Å². The van der Waals surface area contributed by atoms with Crippen LogP contribution in [0.3, 0.4) is 0 Å². The maximum absolute atomic E-state index is 13.0. The number of anilines is 2. The van der Waals surface area contributed by atoms with E-state index in [-0.39, 0.29) is 11.7 Å². The number of hydrogen-bond acceptors (Lipinski definition) is 4. The molecule has 0 radical (unpaired) electrons. The van der Waals surface area contributed by atoms with E-state index in [9.17, 15) is 9.59 Å². The molecule has 0 bridgehead atoms. The Morgan fingerprint density at radius 2 is 1.52 bits per heavy atom. The Hall–Kier alpha value is -3.05. The van der Waals surface area contributed by atoms with E-state index in [1.54, 1.807) is 24.3 Å². The molecule has 0 heterocycles. The first-order valence-corrected chi connectivity index (χ1v) is 9.40. The van der Waals surface area contributed by atoms with Crippen molar-refractivity contribution in [1.82, 2.24) is 0 Å². The minimum Gasteiger partial charge on any atom is -0.399 e. The molecular weight excluding hydrogens is 356 g/mol. The van der Waals surface area contributed by atoms with E-state index in [0.29, 0.717) is 16.9 Å². The van der Waals surface area contributed by atoms with Crippen molar-refractivity contribution in [2.75, 3.05) is 11.1 Å². The number of carbonyl (C=O) groups excluding carboxylic acids is 2. The van der Waals surface area contributed by atoms with Crippen LogP contribution in [0, 0.1) is 0 Å². The SMILES string of the molecule is CC(=O)c1ccc(NC(=O)C(Sc2ccc(N)cc2)c2ccccc2)cc1. The molecule has 5 heteroatoms. The van der Waals surface area contributed by atoms with Gasteiger partial charge in [0.1, 0.15) is 5.25 Å². The van der Waals surface area contributed by atoms with Gasteiger partial charge in [-0.1, -0.05) is 30.3 Å². The van der Waals surface area contributed by atoms with Crippen molar-refractivity contribution in [3.8, 4) is 0 Å². The van der Waals surface area contributed by atoms with Crippen molar-refractivity contribution in [1.29, 1.82) is 0 Å². The van der Waals surface area contributed by atoms with Gasteiger partial charge in [-0.2, -0.15) is 0 Å². The Kier molecular flexibility index (Phi) is 5.94. The lowest BCUT2D eigenvalue weighted by Crippen LogP contribution is -2.19. The third-order valence-corrected chi connectivity index (χ3v) is 5.30. The second-order valence-corrected chi connectivity index (χ2v) is 7.28. The molecule has 0 saturated heterocycles. The van der Waals surface area contributed by atoms with Gasteiger partial charge in [0.25, 0.3) is 0 Å². The Morgan fingerprint density at radius 1 is 0.889 bits per heavy atom. The Labute approximate surface area is 162 Å². The van der Waals surface area contributed by atoms with Gasteiger partial charge in [0.15, 0.2) is 5.78 Å². The molecular formula is C22H20N2O2S. The highest BCUT2D eigenvalue weighted by Crippen LogP contribution is 2.36. The molecule has 4 nitrogen and oxygen atoms in total. The number of rotatable bonds is 6. The van der Waals surface area contributed by atoms with Crippen LogP contribution < -0.4 is 11.1 Å². The molecule has 1 unspecified atom stereocenters. The fourth-order valence-corrected chi connectivity index (χ4v) is 3.60. The van der Waals surface area contributed by atoms with Crippen LogP contribution in [-0.4, -0.2) is 11.7 Å². The fourth-order valence-electron chi connectivity index (χ4n) is 2.58. The number of nitrogens with two attached hydrogens (primary N) is 1. The van der Waals surface area contributed by atoms with Gasteiger partial charge in [0.2, 0.25) is 5.91 Å². The summed E-state index contributed by atoms with van der Waals surface area (Å²) in [6, 6.07) is 24.0. The summed E-state index contributed by atoms with van der Waals surface area (Å²) in [6.07, 6.45) is 0. The minimum absolute atomic E-state index is 0.00561. The van der Waals surface area contributed by atoms with Crippen LogP contribution in [0.1, 0.15) is 28.1 Å². The number of carbonyl (C=O) groups is 2. The molecule has 1 atom stereocenters. The Morgan fingerprint density at radius 3 is 2.11 bits per heavy atom. The monoisotopic (exact) mass is 376 g/mol. The molecule has 27 heavy (non-hydrogen) atoms. The highest BCUT2D eigenvalue weighted by atomic mass is 32.2. The lowest BCUT2D eigenvalue weighted by atomic mass is 10.1. The molecule has 0 aromatic heterocycles. The number of nitrogen functional groups attached to an aromatic ring is 1. The normalized spacial score (nSPS) is 11.6. The maximum Gasteiger partial charge on any atom is 0.242 e. The van der Waals surface area contributed by atoms with Crippen LogP contribution in [0.25, 0.3) is 0 Å². The first-order chi connectivity index (χ1) is 13.0. The van der Waals surface area contributed by atoms with Gasteiger partial charge in [-0.05, 0) is 61.0 Å². The lowest BCUT2D eigenvalue weighted by molar-refractivity contribution is -0.115. The van der Waals surface area contributed by atoms with Crippen molar-refractivity contribution < 1.29 is 9.59 Å². The van der Waals surface area contributed by atoms with Crippen LogP contribution >= 0.6 is 11.8 Å². The van der Waals surface area contributed by atoms with Gasteiger partial charge >= 0.3 is 0 Å². The maximum atomic E-state index is 13.0. The van der Waals surface area contributed by atoms with Gasteiger partial charge in [0.05, 0.1) is 0 Å². The highest BCUT2D eigenvalue weighted by molar-refractivity contribution is 8.00. The largest absolute Gasteiger partial charge is 0.399 e. The summed E-state index contributed by atoms with van der Waals surface area (Å²) in [6.45, 7) is 1.52. The first kappa shape index (κ1) is 18.7. The number of Topliss-reactive ketones (excluding diaryl/α,β-unsaturated/α-hetero) is 1. The lowest BCUT2D eigenvalue weighted by Gasteiger charge is -2.17. The molecule has 0 spiro atoms. The molecule has 136 valence electrons.